The highest BCUT2D eigenvalue weighted by Crippen LogP contribution is 2.05. The van der Waals surface area contributed by atoms with Crippen LogP contribution >= 0.6 is 0 Å². The van der Waals surface area contributed by atoms with Gasteiger partial charge < -0.3 is 11.1 Å². The molecule has 60 valence electrons. The molecule has 1 amide bonds. The average Bonchev–Trinajstić information content (AvgIpc) is 1.88. The Morgan fingerprint density at radius 2 is 2.20 bits per heavy atom. The minimum absolute atomic E-state index is 0.176. The highest BCUT2D eigenvalue weighted by molar-refractivity contribution is 5.80. The summed E-state index contributed by atoms with van der Waals surface area (Å²) in [6, 6.07) is -0.176. The van der Waals surface area contributed by atoms with Crippen LogP contribution in [0.4, 0.5) is 0 Å². The lowest BCUT2D eigenvalue weighted by molar-refractivity contribution is -0.121. The normalized spacial score (nSPS) is 16.3. The molecular formula is C7H16N2O. The second-order valence-corrected chi connectivity index (χ2v) is 2.55. The topological polar surface area (TPSA) is 55.1 Å². The Balaban J connectivity index is 3.92. The molecule has 3 heteroatoms. The molecule has 0 heterocycles. The maximum atomic E-state index is 10.7. The second-order valence-electron chi connectivity index (χ2n) is 2.55. The van der Waals surface area contributed by atoms with Gasteiger partial charge >= 0.3 is 0 Å². The molecule has 0 aromatic rings. The van der Waals surface area contributed by atoms with E-state index in [0.717, 1.165) is 6.42 Å². The number of nitrogens with one attached hydrogen (secondary N) is 1. The Hall–Kier alpha value is -0.570. The number of hydrogen-bond donors (Lipinski definition) is 2. The van der Waals surface area contributed by atoms with Crippen LogP contribution in [0.5, 0.6) is 0 Å². The van der Waals surface area contributed by atoms with Crippen LogP contribution in [0.3, 0.4) is 0 Å². The molecule has 3 N–H and O–H groups in total. The Morgan fingerprint density at radius 1 is 1.70 bits per heavy atom. The lowest BCUT2D eigenvalue weighted by Crippen LogP contribution is -2.43. The quantitative estimate of drug-likeness (QED) is 0.588. The van der Waals surface area contributed by atoms with Crippen LogP contribution in [-0.2, 0) is 4.79 Å². The Kier molecular flexibility index (Phi) is 4.03. The molecule has 0 rings (SSSR count). The molecular weight excluding hydrogens is 128 g/mol. The van der Waals surface area contributed by atoms with E-state index < -0.39 is 0 Å². The standard InChI is InChI=1S/C7H16N2O/c1-4-5(2)6(9-3)7(8)10/h5-6,9H,4H2,1-3H3,(H2,8,10)/t5-,6+/m1/s1. The van der Waals surface area contributed by atoms with E-state index in [-0.39, 0.29) is 11.9 Å². The molecule has 3 nitrogen and oxygen atoms in total. The molecule has 0 unspecified atom stereocenters. The van der Waals surface area contributed by atoms with Crippen molar-refractivity contribution < 1.29 is 4.79 Å². The van der Waals surface area contributed by atoms with Gasteiger partial charge in [0, 0.05) is 0 Å². The number of carbonyl (C=O) groups is 1. The minimum atomic E-state index is -0.267. The molecule has 0 aromatic heterocycles. The highest BCUT2D eigenvalue weighted by atomic mass is 16.1. The van der Waals surface area contributed by atoms with Crippen molar-refractivity contribution in [3.05, 3.63) is 0 Å². The van der Waals surface area contributed by atoms with Crippen LogP contribution in [-0.4, -0.2) is 19.0 Å². The zero-order valence-electron chi connectivity index (χ0n) is 6.85. The van der Waals surface area contributed by atoms with Crippen molar-refractivity contribution in [2.45, 2.75) is 26.3 Å². The summed E-state index contributed by atoms with van der Waals surface area (Å²) in [4.78, 5) is 10.7. The van der Waals surface area contributed by atoms with Gasteiger partial charge in [0.05, 0.1) is 6.04 Å². The van der Waals surface area contributed by atoms with Gasteiger partial charge in [0.25, 0.3) is 0 Å². The van der Waals surface area contributed by atoms with Gasteiger partial charge in [-0.2, -0.15) is 0 Å². The SMILES string of the molecule is CC[C@@H](C)[C@H](NC)C(N)=O. The predicted molar refractivity (Wildman–Crippen MR) is 41.5 cm³/mol. The largest absolute Gasteiger partial charge is 0.368 e. The van der Waals surface area contributed by atoms with Crippen molar-refractivity contribution in [1.82, 2.24) is 5.32 Å². The monoisotopic (exact) mass is 144 g/mol. The van der Waals surface area contributed by atoms with Gasteiger partial charge in [-0.1, -0.05) is 20.3 Å². The molecule has 0 saturated carbocycles. The van der Waals surface area contributed by atoms with Gasteiger partial charge in [-0.05, 0) is 13.0 Å². The maximum Gasteiger partial charge on any atom is 0.234 e. The molecule has 0 aliphatic rings. The van der Waals surface area contributed by atoms with E-state index >= 15 is 0 Å². The number of primary amides is 1. The zero-order valence-corrected chi connectivity index (χ0v) is 6.85. The highest BCUT2D eigenvalue weighted by Gasteiger charge is 2.18. The number of hydrogen-bond acceptors (Lipinski definition) is 2. The second kappa shape index (κ2) is 4.28. The summed E-state index contributed by atoms with van der Waals surface area (Å²) < 4.78 is 0. The molecule has 2 atom stereocenters. The summed E-state index contributed by atoms with van der Waals surface area (Å²) in [5.41, 5.74) is 5.12. The number of rotatable bonds is 4. The van der Waals surface area contributed by atoms with Crippen LogP contribution in [0.15, 0.2) is 0 Å². The van der Waals surface area contributed by atoms with Crippen LogP contribution in [0.25, 0.3) is 0 Å². The van der Waals surface area contributed by atoms with E-state index in [4.69, 9.17) is 5.73 Å². The summed E-state index contributed by atoms with van der Waals surface area (Å²) >= 11 is 0. The third kappa shape index (κ3) is 2.35. The number of likely N-dealkylation sites (N-methyl/N-ethyl adjacent to an activating group) is 1. The average molecular weight is 144 g/mol. The molecule has 0 saturated heterocycles. The summed E-state index contributed by atoms with van der Waals surface area (Å²) in [6.07, 6.45) is 0.967. The van der Waals surface area contributed by atoms with Crippen molar-refractivity contribution in [2.75, 3.05) is 7.05 Å². The number of carbonyl (C=O) groups excluding carboxylic acids is 1. The molecule has 0 spiro atoms. The van der Waals surface area contributed by atoms with E-state index in [2.05, 4.69) is 5.32 Å². The third-order valence-corrected chi connectivity index (χ3v) is 1.83. The van der Waals surface area contributed by atoms with Crippen molar-refractivity contribution in [1.29, 1.82) is 0 Å². The first-order valence-corrected chi connectivity index (χ1v) is 3.60. The van der Waals surface area contributed by atoms with Crippen molar-refractivity contribution >= 4 is 5.91 Å². The van der Waals surface area contributed by atoms with E-state index in [1.54, 1.807) is 7.05 Å². The molecule has 0 aliphatic carbocycles. The molecule has 0 radical (unpaired) electrons. The fourth-order valence-electron chi connectivity index (χ4n) is 0.943. The molecule has 0 aliphatic heterocycles. The van der Waals surface area contributed by atoms with Gasteiger partial charge in [-0.3, -0.25) is 4.79 Å². The van der Waals surface area contributed by atoms with Gasteiger partial charge in [-0.15, -0.1) is 0 Å². The fraction of sp³-hybridized carbons (Fsp3) is 0.857. The van der Waals surface area contributed by atoms with Crippen molar-refractivity contribution in [3.8, 4) is 0 Å². The number of amides is 1. The lowest BCUT2D eigenvalue weighted by Gasteiger charge is -2.18. The van der Waals surface area contributed by atoms with Crippen molar-refractivity contribution in [3.63, 3.8) is 0 Å². The fourth-order valence-corrected chi connectivity index (χ4v) is 0.943. The summed E-state index contributed by atoms with van der Waals surface area (Å²) in [6.45, 7) is 4.05. The van der Waals surface area contributed by atoms with Gasteiger partial charge in [-0.25, -0.2) is 0 Å². The first-order chi connectivity index (χ1) is 4.63. The molecule has 0 fully saturated rings. The van der Waals surface area contributed by atoms with Crippen LogP contribution in [0.2, 0.25) is 0 Å². The van der Waals surface area contributed by atoms with Crippen molar-refractivity contribution in [2.24, 2.45) is 11.7 Å². The molecule has 10 heavy (non-hydrogen) atoms. The summed E-state index contributed by atoms with van der Waals surface area (Å²) in [5, 5.41) is 2.88. The number of nitrogens with two attached hydrogens (primary N) is 1. The van der Waals surface area contributed by atoms with Gasteiger partial charge in [0.1, 0.15) is 0 Å². The van der Waals surface area contributed by atoms with Gasteiger partial charge in [0.2, 0.25) is 5.91 Å². The summed E-state index contributed by atoms with van der Waals surface area (Å²) in [7, 11) is 1.75. The van der Waals surface area contributed by atoms with Crippen LogP contribution in [0.1, 0.15) is 20.3 Å². The van der Waals surface area contributed by atoms with Crippen LogP contribution in [0, 0.1) is 5.92 Å². The lowest BCUT2D eigenvalue weighted by atomic mass is 9.99. The first-order valence-electron chi connectivity index (χ1n) is 3.60. The summed E-state index contributed by atoms with van der Waals surface area (Å²) in [5.74, 6) is 0.0550. The third-order valence-electron chi connectivity index (χ3n) is 1.83. The van der Waals surface area contributed by atoms with E-state index in [1.165, 1.54) is 0 Å². The predicted octanol–water partition coefficient (Wildman–Crippen LogP) is 0.106. The zero-order chi connectivity index (χ0) is 8.15. The minimum Gasteiger partial charge on any atom is -0.368 e. The smallest absolute Gasteiger partial charge is 0.234 e. The van der Waals surface area contributed by atoms with E-state index in [9.17, 15) is 4.79 Å². The Bertz CT molecular complexity index is 114. The molecule has 0 aromatic carbocycles. The van der Waals surface area contributed by atoms with E-state index in [0.29, 0.717) is 5.92 Å². The van der Waals surface area contributed by atoms with Gasteiger partial charge in [0.15, 0.2) is 0 Å². The maximum absolute atomic E-state index is 10.7. The Labute approximate surface area is 62.0 Å². The van der Waals surface area contributed by atoms with Crippen LogP contribution < -0.4 is 11.1 Å². The Morgan fingerprint density at radius 3 is 2.30 bits per heavy atom. The molecule has 0 bridgehead atoms. The first kappa shape index (κ1) is 9.43. The van der Waals surface area contributed by atoms with E-state index in [1.807, 2.05) is 13.8 Å².